The Balaban J connectivity index is 1.38. The van der Waals surface area contributed by atoms with Gasteiger partial charge in [0.05, 0.1) is 0 Å². The minimum Gasteiger partial charge on any atom is -0.369 e. The standard InChI is InChI=1S/C18H25N3O2S2/c1-16-5-2-6-17(15-16)21-12-10-20(11-13-21)9-4-8-19-25(22,23)18-7-3-14-24-18/h2-3,5-7,14-15,19H,4,8-13H2,1H3. The quantitative estimate of drug-likeness (QED) is 0.751. The summed E-state index contributed by atoms with van der Waals surface area (Å²) in [5.74, 6) is 0. The van der Waals surface area contributed by atoms with Gasteiger partial charge in [0.15, 0.2) is 0 Å². The summed E-state index contributed by atoms with van der Waals surface area (Å²) in [6.45, 7) is 7.61. The van der Waals surface area contributed by atoms with E-state index in [4.69, 9.17) is 0 Å². The second-order valence-corrected chi connectivity index (χ2v) is 9.29. The van der Waals surface area contributed by atoms with Crippen LogP contribution in [0.25, 0.3) is 0 Å². The van der Waals surface area contributed by atoms with E-state index in [9.17, 15) is 8.42 Å². The first-order chi connectivity index (χ1) is 12.0. The molecule has 0 saturated carbocycles. The van der Waals surface area contributed by atoms with E-state index in [1.807, 2.05) is 0 Å². The van der Waals surface area contributed by atoms with Crippen LogP contribution in [-0.4, -0.2) is 52.6 Å². The molecule has 1 aliphatic rings. The van der Waals surface area contributed by atoms with Crippen LogP contribution < -0.4 is 9.62 Å². The zero-order chi connectivity index (χ0) is 17.7. The van der Waals surface area contributed by atoms with E-state index in [1.54, 1.807) is 17.5 Å². The van der Waals surface area contributed by atoms with Crippen LogP contribution in [0.4, 0.5) is 5.69 Å². The van der Waals surface area contributed by atoms with Gasteiger partial charge in [-0.15, -0.1) is 11.3 Å². The Morgan fingerprint density at radius 3 is 2.60 bits per heavy atom. The Morgan fingerprint density at radius 2 is 1.92 bits per heavy atom. The van der Waals surface area contributed by atoms with Gasteiger partial charge in [-0.05, 0) is 49.0 Å². The number of nitrogens with one attached hydrogen (secondary N) is 1. The Bertz CT molecular complexity index is 767. The summed E-state index contributed by atoms with van der Waals surface area (Å²) < 4.78 is 27.2. The molecular weight excluding hydrogens is 354 g/mol. The number of anilines is 1. The molecule has 0 radical (unpaired) electrons. The number of thiophene rings is 1. The Labute approximate surface area is 154 Å². The molecule has 0 bridgehead atoms. The van der Waals surface area contributed by atoms with Crippen molar-refractivity contribution in [3.8, 4) is 0 Å². The first-order valence-corrected chi connectivity index (χ1v) is 11.0. The fourth-order valence-electron chi connectivity index (χ4n) is 3.05. The van der Waals surface area contributed by atoms with Crippen molar-refractivity contribution < 1.29 is 8.42 Å². The van der Waals surface area contributed by atoms with Crippen LogP contribution in [0.15, 0.2) is 46.0 Å². The summed E-state index contributed by atoms with van der Waals surface area (Å²) in [6, 6.07) is 12.0. The molecule has 2 aromatic rings. The highest BCUT2D eigenvalue weighted by molar-refractivity contribution is 7.91. The molecule has 136 valence electrons. The lowest BCUT2D eigenvalue weighted by Gasteiger charge is -2.36. The summed E-state index contributed by atoms with van der Waals surface area (Å²) in [6.07, 6.45) is 0.828. The second-order valence-electron chi connectivity index (χ2n) is 6.35. The number of sulfonamides is 1. The van der Waals surface area contributed by atoms with Crippen LogP contribution in [0, 0.1) is 6.92 Å². The summed E-state index contributed by atoms with van der Waals surface area (Å²) in [4.78, 5) is 4.83. The molecule has 1 saturated heterocycles. The Kier molecular flexibility index (Phi) is 6.11. The molecule has 25 heavy (non-hydrogen) atoms. The SMILES string of the molecule is Cc1cccc(N2CCN(CCCNS(=O)(=O)c3cccs3)CC2)c1. The number of hydrogen-bond donors (Lipinski definition) is 1. The van der Waals surface area contributed by atoms with E-state index < -0.39 is 10.0 Å². The van der Waals surface area contributed by atoms with Gasteiger partial charge < -0.3 is 4.90 Å². The van der Waals surface area contributed by atoms with Crippen molar-refractivity contribution in [2.75, 3.05) is 44.2 Å². The van der Waals surface area contributed by atoms with Gasteiger partial charge in [-0.25, -0.2) is 13.1 Å². The number of nitrogens with zero attached hydrogens (tertiary/aromatic N) is 2. The number of aryl methyl sites for hydroxylation is 1. The summed E-state index contributed by atoms with van der Waals surface area (Å²) in [5.41, 5.74) is 2.58. The monoisotopic (exact) mass is 379 g/mol. The molecule has 1 aromatic carbocycles. The van der Waals surface area contributed by atoms with Gasteiger partial charge in [0.2, 0.25) is 10.0 Å². The highest BCUT2D eigenvalue weighted by Crippen LogP contribution is 2.18. The van der Waals surface area contributed by atoms with E-state index in [-0.39, 0.29) is 0 Å². The molecule has 1 aromatic heterocycles. The van der Waals surface area contributed by atoms with Crippen LogP contribution in [0.1, 0.15) is 12.0 Å². The number of hydrogen-bond acceptors (Lipinski definition) is 5. The minimum absolute atomic E-state index is 0.388. The second kappa shape index (κ2) is 8.31. The molecule has 0 unspecified atom stereocenters. The van der Waals surface area contributed by atoms with E-state index >= 15 is 0 Å². The lowest BCUT2D eigenvalue weighted by atomic mass is 10.2. The molecule has 0 atom stereocenters. The van der Waals surface area contributed by atoms with Gasteiger partial charge in [0, 0.05) is 38.4 Å². The van der Waals surface area contributed by atoms with Crippen molar-refractivity contribution in [1.29, 1.82) is 0 Å². The highest BCUT2D eigenvalue weighted by Gasteiger charge is 2.18. The first-order valence-electron chi connectivity index (χ1n) is 8.62. The predicted octanol–water partition coefficient (Wildman–Crippen LogP) is 2.55. The fourth-order valence-corrected chi connectivity index (χ4v) is 5.16. The normalized spacial score (nSPS) is 16.3. The van der Waals surface area contributed by atoms with Crippen LogP contribution in [0.2, 0.25) is 0 Å². The summed E-state index contributed by atoms with van der Waals surface area (Å²) in [5, 5.41) is 1.78. The van der Waals surface area contributed by atoms with Gasteiger partial charge in [-0.1, -0.05) is 18.2 Å². The number of benzene rings is 1. The van der Waals surface area contributed by atoms with Gasteiger partial charge in [-0.2, -0.15) is 0 Å². The van der Waals surface area contributed by atoms with E-state index in [1.165, 1.54) is 22.6 Å². The molecule has 0 aliphatic carbocycles. The van der Waals surface area contributed by atoms with Gasteiger partial charge in [0.25, 0.3) is 0 Å². The smallest absolute Gasteiger partial charge is 0.250 e. The van der Waals surface area contributed by atoms with E-state index in [0.29, 0.717) is 10.8 Å². The largest absolute Gasteiger partial charge is 0.369 e. The molecule has 0 amide bonds. The molecule has 7 heteroatoms. The topological polar surface area (TPSA) is 52.6 Å². The molecule has 5 nitrogen and oxygen atoms in total. The van der Waals surface area contributed by atoms with Crippen LogP contribution in [0.3, 0.4) is 0 Å². The third-order valence-electron chi connectivity index (χ3n) is 4.44. The Morgan fingerprint density at radius 1 is 1.12 bits per heavy atom. The lowest BCUT2D eigenvalue weighted by molar-refractivity contribution is 0.255. The van der Waals surface area contributed by atoms with Crippen molar-refractivity contribution in [1.82, 2.24) is 9.62 Å². The van der Waals surface area contributed by atoms with Crippen LogP contribution in [0.5, 0.6) is 0 Å². The lowest BCUT2D eigenvalue weighted by Crippen LogP contribution is -2.47. The van der Waals surface area contributed by atoms with Crippen molar-refractivity contribution in [3.05, 3.63) is 47.3 Å². The number of rotatable bonds is 7. The Hall–Kier alpha value is -1.41. The summed E-state index contributed by atoms with van der Waals surface area (Å²) in [7, 11) is -3.33. The van der Waals surface area contributed by atoms with Gasteiger partial charge >= 0.3 is 0 Å². The van der Waals surface area contributed by atoms with Gasteiger partial charge in [0.1, 0.15) is 4.21 Å². The predicted molar refractivity (Wildman–Crippen MR) is 104 cm³/mol. The molecule has 1 aliphatic heterocycles. The molecular formula is C18H25N3O2S2. The van der Waals surface area contributed by atoms with Crippen molar-refractivity contribution >= 4 is 27.0 Å². The van der Waals surface area contributed by atoms with Crippen molar-refractivity contribution in [2.45, 2.75) is 17.6 Å². The first kappa shape index (κ1) is 18.4. The minimum atomic E-state index is -3.33. The van der Waals surface area contributed by atoms with Crippen LogP contribution in [-0.2, 0) is 10.0 Å². The fraction of sp³-hybridized carbons (Fsp3) is 0.444. The highest BCUT2D eigenvalue weighted by atomic mass is 32.2. The van der Waals surface area contributed by atoms with Gasteiger partial charge in [-0.3, -0.25) is 4.90 Å². The zero-order valence-corrected chi connectivity index (χ0v) is 16.2. The van der Waals surface area contributed by atoms with Crippen LogP contribution >= 0.6 is 11.3 Å². The number of piperazine rings is 1. The maximum atomic E-state index is 12.1. The zero-order valence-electron chi connectivity index (χ0n) is 14.5. The molecule has 0 spiro atoms. The van der Waals surface area contributed by atoms with E-state index in [0.717, 1.165) is 39.1 Å². The average Bonchev–Trinajstić information content (AvgIpc) is 3.15. The molecule has 3 rings (SSSR count). The third-order valence-corrected chi connectivity index (χ3v) is 7.30. The summed E-state index contributed by atoms with van der Waals surface area (Å²) >= 11 is 1.25. The van der Waals surface area contributed by atoms with Crippen molar-refractivity contribution in [3.63, 3.8) is 0 Å². The third kappa shape index (κ3) is 5.04. The van der Waals surface area contributed by atoms with E-state index in [2.05, 4.69) is 45.7 Å². The molecule has 1 N–H and O–H groups in total. The molecule has 2 heterocycles. The van der Waals surface area contributed by atoms with Crippen molar-refractivity contribution in [2.24, 2.45) is 0 Å². The maximum Gasteiger partial charge on any atom is 0.250 e. The maximum absolute atomic E-state index is 12.1. The average molecular weight is 380 g/mol. The molecule has 1 fully saturated rings.